The molecule has 1 atom stereocenters. The number of amides is 1. The van der Waals surface area contributed by atoms with Crippen LogP contribution in [0.15, 0.2) is 0 Å². The molecule has 84 valence electrons. The fraction of sp³-hybridized carbons (Fsp3) is 0.700. The van der Waals surface area contributed by atoms with Gasteiger partial charge in [-0.05, 0) is 20.3 Å². The number of nitrogens with one attached hydrogen (secondary N) is 1. The zero-order valence-electron chi connectivity index (χ0n) is 8.91. The van der Waals surface area contributed by atoms with Gasteiger partial charge in [-0.25, -0.2) is 8.42 Å². The minimum atomic E-state index is -3.02. The van der Waals surface area contributed by atoms with E-state index >= 15 is 0 Å². The van der Waals surface area contributed by atoms with E-state index in [1.54, 1.807) is 13.8 Å². The first-order valence-electron chi connectivity index (χ1n) is 4.76. The van der Waals surface area contributed by atoms with Crippen molar-refractivity contribution in [3.63, 3.8) is 0 Å². The van der Waals surface area contributed by atoms with Gasteiger partial charge in [-0.15, -0.1) is 6.42 Å². The molecule has 1 unspecified atom stereocenters. The van der Waals surface area contributed by atoms with Gasteiger partial charge in [0.2, 0.25) is 5.91 Å². The van der Waals surface area contributed by atoms with Crippen molar-refractivity contribution in [1.29, 1.82) is 0 Å². The predicted molar refractivity (Wildman–Crippen MR) is 57.8 cm³/mol. The Hall–Kier alpha value is -1.02. The maximum Gasteiger partial charge on any atom is 0.225 e. The number of terminal acetylenes is 1. The van der Waals surface area contributed by atoms with Crippen LogP contribution in [0.5, 0.6) is 0 Å². The van der Waals surface area contributed by atoms with Gasteiger partial charge in [-0.1, -0.05) is 5.92 Å². The van der Waals surface area contributed by atoms with E-state index in [2.05, 4.69) is 11.2 Å². The van der Waals surface area contributed by atoms with Crippen LogP contribution in [0.1, 0.15) is 20.3 Å². The van der Waals surface area contributed by atoms with Gasteiger partial charge in [-0.3, -0.25) is 4.79 Å². The highest BCUT2D eigenvalue weighted by molar-refractivity contribution is 7.91. The molecule has 0 aliphatic carbocycles. The maximum absolute atomic E-state index is 11.6. The third-order valence-corrected chi connectivity index (χ3v) is 4.17. The Morgan fingerprint density at radius 2 is 2.13 bits per heavy atom. The molecular formula is C10H15NO3S. The molecule has 5 heteroatoms. The van der Waals surface area contributed by atoms with Crippen LogP contribution in [0, 0.1) is 18.3 Å². The Labute approximate surface area is 90.4 Å². The summed E-state index contributed by atoms with van der Waals surface area (Å²) in [4.78, 5) is 11.6. The van der Waals surface area contributed by atoms with E-state index in [4.69, 9.17) is 6.42 Å². The lowest BCUT2D eigenvalue weighted by molar-refractivity contribution is -0.125. The summed E-state index contributed by atoms with van der Waals surface area (Å²) < 4.78 is 22.3. The standard InChI is InChI=1S/C10H15NO3S/c1-4-10(2,3)11-9(12)8-5-6-15(13,14)7-8/h1,8H,5-7H2,2-3H3,(H,11,12). The molecule has 0 spiro atoms. The minimum absolute atomic E-state index is 0.0561. The quantitative estimate of drug-likeness (QED) is 0.675. The summed E-state index contributed by atoms with van der Waals surface area (Å²) in [6.45, 7) is 3.41. The van der Waals surface area contributed by atoms with Crippen LogP contribution < -0.4 is 5.32 Å². The molecule has 0 aromatic heterocycles. The van der Waals surface area contributed by atoms with Crippen LogP contribution >= 0.6 is 0 Å². The molecule has 1 aliphatic heterocycles. The molecule has 0 radical (unpaired) electrons. The first-order valence-corrected chi connectivity index (χ1v) is 6.58. The van der Waals surface area contributed by atoms with Gasteiger partial charge >= 0.3 is 0 Å². The van der Waals surface area contributed by atoms with E-state index in [1.807, 2.05) is 0 Å². The van der Waals surface area contributed by atoms with Crippen LogP contribution in [0.2, 0.25) is 0 Å². The molecular weight excluding hydrogens is 214 g/mol. The summed E-state index contributed by atoms with van der Waals surface area (Å²) in [5.41, 5.74) is -0.719. The second-order valence-electron chi connectivity index (χ2n) is 4.36. The molecule has 1 fully saturated rings. The van der Waals surface area contributed by atoms with Crippen LogP contribution in [0.3, 0.4) is 0 Å². The molecule has 15 heavy (non-hydrogen) atoms. The Bertz CT molecular complexity index is 403. The Morgan fingerprint density at radius 1 is 1.53 bits per heavy atom. The van der Waals surface area contributed by atoms with E-state index in [0.717, 1.165) is 0 Å². The summed E-state index contributed by atoms with van der Waals surface area (Å²) in [5, 5.41) is 2.65. The Morgan fingerprint density at radius 3 is 2.53 bits per heavy atom. The lowest BCUT2D eigenvalue weighted by atomic mass is 10.0. The van der Waals surface area contributed by atoms with Gasteiger partial charge < -0.3 is 5.32 Å². The number of carbonyl (C=O) groups is 1. The van der Waals surface area contributed by atoms with Crippen molar-refractivity contribution in [1.82, 2.24) is 5.32 Å². The van der Waals surface area contributed by atoms with Crippen LogP contribution in [-0.4, -0.2) is 31.4 Å². The predicted octanol–water partition coefficient (Wildman–Crippen LogP) is -0.0509. The third kappa shape index (κ3) is 3.24. The average molecular weight is 229 g/mol. The third-order valence-electron chi connectivity index (χ3n) is 2.40. The minimum Gasteiger partial charge on any atom is -0.340 e. The molecule has 1 saturated heterocycles. The average Bonchev–Trinajstić information content (AvgIpc) is 2.45. The van der Waals surface area contributed by atoms with Crippen molar-refractivity contribution in [2.45, 2.75) is 25.8 Å². The van der Waals surface area contributed by atoms with Crippen molar-refractivity contribution < 1.29 is 13.2 Å². The monoisotopic (exact) mass is 229 g/mol. The highest BCUT2D eigenvalue weighted by atomic mass is 32.2. The fourth-order valence-electron chi connectivity index (χ4n) is 1.45. The van der Waals surface area contributed by atoms with Gasteiger partial charge in [0.15, 0.2) is 9.84 Å². The summed E-state index contributed by atoms with van der Waals surface area (Å²) in [7, 11) is -3.02. The van der Waals surface area contributed by atoms with E-state index in [9.17, 15) is 13.2 Å². The summed E-state index contributed by atoms with van der Waals surface area (Å²) >= 11 is 0. The fourth-order valence-corrected chi connectivity index (χ4v) is 3.19. The molecule has 1 amide bonds. The number of rotatable bonds is 2. The molecule has 1 heterocycles. The molecule has 4 nitrogen and oxygen atoms in total. The molecule has 1 aliphatic rings. The molecule has 0 aromatic rings. The summed E-state index contributed by atoms with van der Waals surface area (Å²) in [6.07, 6.45) is 5.62. The van der Waals surface area contributed by atoms with Gasteiger partial charge in [0.25, 0.3) is 0 Å². The zero-order valence-corrected chi connectivity index (χ0v) is 9.73. The smallest absolute Gasteiger partial charge is 0.225 e. The number of hydrogen-bond acceptors (Lipinski definition) is 3. The first-order chi connectivity index (χ1) is 6.76. The summed E-state index contributed by atoms with van der Waals surface area (Å²) in [5.74, 6) is 1.77. The van der Waals surface area contributed by atoms with Gasteiger partial charge in [0.1, 0.15) is 0 Å². The van der Waals surface area contributed by atoms with Gasteiger partial charge in [-0.2, -0.15) is 0 Å². The van der Waals surface area contributed by atoms with Crippen molar-refractivity contribution in [2.24, 2.45) is 5.92 Å². The topological polar surface area (TPSA) is 63.2 Å². The molecule has 0 bridgehead atoms. The largest absolute Gasteiger partial charge is 0.340 e. The van der Waals surface area contributed by atoms with Crippen molar-refractivity contribution >= 4 is 15.7 Å². The Balaban J connectivity index is 2.62. The molecule has 1 N–H and O–H groups in total. The Kier molecular flexibility index (Phi) is 3.10. The van der Waals surface area contributed by atoms with Crippen LogP contribution in [0.25, 0.3) is 0 Å². The lowest BCUT2D eigenvalue weighted by Crippen LogP contribution is -2.45. The normalized spacial score (nSPS) is 24.5. The highest BCUT2D eigenvalue weighted by Gasteiger charge is 2.34. The van der Waals surface area contributed by atoms with E-state index in [1.165, 1.54) is 0 Å². The SMILES string of the molecule is C#CC(C)(C)NC(=O)C1CCS(=O)(=O)C1. The van der Waals surface area contributed by atoms with Crippen molar-refractivity contribution in [3.8, 4) is 12.3 Å². The zero-order chi connectivity index (χ0) is 11.7. The van der Waals surface area contributed by atoms with Crippen molar-refractivity contribution in [2.75, 3.05) is 11.5 Å². The second kappa shape index (κ2) is 3.86. The lowest BCUT2D eigenvalue weighted by Gasteiger charge is -2.21. The van der Waals surface area contributed by atoms with Crippen molar-refractivity contribution in [3.05, 3.63) is 0 Å². The second-order valence-corrected chi connectivity index (χ2v) is 6.59. The van der Waals surface area contributed by atoms with E-state index in [-0.39, 0.29) is 17.4 Å². The van der Waals surface area contributed by atoms with Gasteiger partial charge in [0, 0.05) is 0 Å². The molecule has 0 aromatic carbocycles. The van der Waals surface area contributed by atoms with Crippen LogP contribution in [0.4, 0.5) is 0 Å². The molecule has 0 saturated carbocycles. The van der Waals surface area contributed by atoms with E-state index in [0.29, 0.717) is 6.42 Å². The van der Waals surface area contributed by atoms with Gasteiger partial charge in [0.05, 0.1) is 23.0 Å². The first kappa shape index (κ1) is 12.1. The number of hydrogen-bond donors (Lipinski definition) is 1. The molecule has 1 rings (SSSR count). The van der Waals surface area contributed by atoms with Crippen LogP contribution in [-0.2, 0) is 14.6 Å². The van der Waals surface area contributed by atoms with E-state index < -0.39 is 21.3 Å². The highest BCUT2D eigenvalue weighted by Crippen LogP contribution is 2.19. The summed E-state index contributed by atoms with van der Waals surface area (Å²) in [6, 6.07) is 0. The number of carbonyl (C=O) groups excluding carboxylic acids is 1. The maximum atomic E-state index is 11.6. The number of sulfone groups is 1.